The molecule has 1 aliphatic heterocycles. The summed E-state index contributed by atoms with van der Waals surface area (Å²) in [6, 6.07) is 16.2. The van der Waals surface area contributed by atoms with Gasteiger partial charge < -0.3 is 9.15 Å². The van der Waals surface area contributed by atoms with Crippen molar-refractivity contribution in [3.05, 3.63) is 98.5 Å². The highest BCUT2D eigenvalue weighted by molar-refractivity contribution is 6.10. The van der Waals surface area contributed by atoms with Crippen LogP contribution in [0.25, 0.3) is 11.0 Å². The van der Waals surface area contributed by atoms with Crippen molar-refractivity contribution in [1.29, 1.82) is 0 Å². The third-order valence-corrected chi connectivity index (χ3v) is 7.07. The number of amides is 1. The Kier molecular flexibility index (Phi) is 6.83. The van der Waals surface area contributed by atoms with Crippen LogP contribution in [0, 0.1) is 20.8 Å². The highest BCUT2D eigenvalue weighted by Gasteiger charge is 2.44. The number of carbonyl (C=O) groups is 1. The Morgan fingerprint density at radius 2 is 1.70 bits per heavy atom. The van der Waals surface area contributed by atoms with Gasteiger partial charge in [-0.3, -0.25) is 14.5 Å². The van der Waals surface area contributed by atoms with Crippen LogP contribution >= 0.6 is 0 Å². The SMILES string of the molecule is CCCCCCOc1ccc([C@H]2c3c(oc4cc(C)c(C)cc4c3=O)C(=O)N2c2cccc(C)n2)cc1. The molecule has 2 aromatic carbocycles. The molecule has 0 unspecified atom stereocenters. The van der Waals surface area contributed by atoms with E-state index in [-0.39, 0.29) is 17.1 Å². The predicted octanol–water partition coefficient (Wildman–Crippen LogP) is 6.82. The third kappa shape index (κ3) is 4.64. The molecule has 3 heterocycles. The van der Waals surface area contributed by atoms with Crippen molar-refractivity contribution in [3.63, 3.8) is 0 Å². The maximum absolute atomic E-state index is 13.9. The number of ether oxygens (including phenoxy) is 1. The molecule has 1 amide bonds. The van der Waals surface area contributed by atoms with Gasteiger partial charge in [-0.15, -0.1) is 0 Å². The van der Waals surface area contributed by atoms with E-state index in [0.29, 0.717) is 29.0 Å². The minimum atomic E-state index is -0.655. The number of fused-ring (bicyclic) bond motifs is 2. The Hall–Kier alpha value is -3.93. The summed E-state index contributed by atoms with van der Waals surface area (Å²) in [6.45, 7) is 8.66. The minimum absolute atomic E-state index is 0.0744. The Balaban J connectivity index is 1.59. The number of aromatic nitrogens is 1. The molecule has 0 saturated heterocycles. The van der Waals surface area contributed by atoms with Crippen LogP contribution in [-0.4, -0.2) is 17.5 Å². The fraction of sp³-hybridized carbons (Fsp3) is 0.323. The summed E-state index contributed by atoms with van der Waals surface area (Å²) in [5.74, 6) is 0.951. The standard InChI is InChI=1S/C31H32N2O4/c1-5-6-7-8-16-36-23-14-12-22(13-15-23)28-27-29(34)24-17-19(2)20(3)18-25(24)37-30(27)31(35)33(28)26-11-9-10-21(4)32-26/h9-15,17-18,28H,5-8,16H2,1-4H3/t28-/m0/s1. The normalized spacial score (nSPS) is 14.9. The molecule has 6 nitrogen and oxygen atoms in total. The van der Waals surface area contributed by atoms with Crippen LogP contribution in [0.15, 0.2) is 63.8 Å². The van der Waals surface area contributed by atoms with Crippen LogP contribution < -0.4 is 15.1 Å². The summed E-state index contributed by atoms with van der Waals surface area (Å²) in [4.78, 5) is 33.8. The Morgan fingerprint density at radius 3 is 2.43 bits per heavy atom. The second kappa shape index (κ2) is 10.2. The molecule has 0 spiro atoms. The van der Waals surface area contributed by atoms with Gasteiger partial charge in [-0.1, -0.05) is 44.4 Å². The van der Waals surface area contributed by atoms with Gasteiger partial charge in [0.2, 0.25) is 5.76 Å². The number of benzene rings is 2. The molecule has 1 aliphatic rings. The lowest BCUT2D eigenvalue weighted by Gasteiger charge is -2.24. The first kappa shape index (κ1) is 24.8. The van der Waals surface area contributed by atoms with Crippen molar-refractivity contribution in [2.24, 2.45) is 0 Å². The zero-order chi connectivity index (χ0) is 26.1. The van der Waals surface area contributed by atoms with Crippen molar-refractivity contribution in [2.45, 2.75) is 59.4 Å². The van der Waals surface area contributed by atoms with E-state index in [4.69, 9.17) is 9.15 Å². The molecule has 5 rings (SSSR count). The van der Waals surface area contributed by atoms with Gasteiger partial charge in [-0.2, -0.15) is 0 Å². The zero-order valence-electron chi connectivity index (χ0n) is 21.8. The summed E-state index contributed by atoms with van der Waals surface area (Å²) in [5, 5.41) is 0.478. The third-order valence-electron chi connectivity index (χ3n) is 7.07. The van der Waals surface area contributed by atoms with Gasteiger partial charge in [0.05, 0.1) is 23.6 Å². The summed E-state index contributed by atoms with van der Waals surface area (Å²) in [5.41, 5.74) is 4.15. The van der Waals surface area contributed by atoms with E-state index in [2.05, 4.69) is 11.9 Å². The van der Waals surface area contributed by atoms with Crippen LogP contribution in [-0.2, 0) is 0 Å². The molecule has 0 saturated carbocycles. The highest BCUT2D eigenvalue weighted by atomic mass is 16.5. The number of aryl methyl sites for hydroxylation is 3. The van der Waals surface area contributed by atoms with Crippen LogP contribution in [0.5, 0.6) is 5.75 Å². The van der Waals surface area contributed by atoms with E-state index in [1.54, 1.807) is 11.0 Å². The number of anilines is 1. The summed E-state index contributed by atoms with van der Waals surface area (Å²) < 4.78 is 12.1. The van der Waals surface area contributed by atoms with E-state index in [9.17, 15) is 9.59 Å². The quantitative estimate of drug-likeness (QED) is 0.250. The van der Waals surface area contributed by atoms with Gasteiger partial charge in [-0.05, 0) is 80.3 Å². The molecule has 190 valence electrons. The summed E-state index contributed by atoms with van der Waals surface area (Å²) in [7, 11) is 0. The number of hydrogen-bond donors (Lipinski definition) is 0. The molecule has 0 fully saturated rings. The smallest absolute Gasteiger partial charge is 0.296 e. The van der Waals surface area contributed by atoms with Crippen LogP contribution in [0.3, 0.4) is 0 Å². The number of pyridine rings is 1. The number of hydrogen-bond acceptors (Lipinski definition) is 5. The number of carbonyl (C=O) groups excluding carboxylic acids is 1. The Bertz CT molecular complexity index is 1520. The van der Waals surface area contributed by atoms with Gasteiger partial charge in [0.1, 0.15) is 17.2 Å². The van der Waals surface area contributed by atoms with Crippen LogP contribution in [0.4, 0.5) is 5.82 Å². The summed E-state index contributed by atoms with van der Waals surface area (Å²) in [6.07, 6.45) is 4.55. The molecule has 0 radical (unpaired) electrons. The van der Waals surface area contributed by atoms with E-state index in [0.717, 1.165) is 41.0 Å². The van der Waals surface area contributed by atoms with Crippen LogP contribution in [0.2, 0.25) is 0 Å². The van der Waals surface area contributed by atoms with Crippen molar-refractivity contribution < 1.29 is 13.9 Å². The fourth-order valence-corrected chi connectivity index (χ4v) is 4.91. The molecule has 37 heavy (non-hydrogen) atoms. The van der Waals surface area contributed by atoms with Gasteiger partial charge in [0, 0.05) is 5.69 Å². The topological polar surface area (TPSA) is 72.6 Å². The monoisotopic (exact) mass is 496 g/mol. The molecule has 2 aromatic heterocycles. The number of unbranched alkanes of at least 4 members (excludes halogenated alkanes) is 3. The Labute approximate surface area is 216 Å². The second-order valence-electron chi connectivity index (χ2n) is 9.80. The zero-order valence-corrected chi connectivity index (χ0v) is 21.8. The molecule has 6 heteroatoms. The van der Waals surface area contributed by atoms with Gasteiger partial charge in [-0.25, -0.2) is 4.98 Å². The maximum atomic E-state index is 13.9. The second-order valence-corrected chi connectivity index (χ2v) is 9.80. The predicted molar refractivity (Wildman–Crippen MR) is 146 cm³/mol. The molecular formula is C31H32N2O4. The van der Waals surface area contributed by atoms with Gasteiger partial charge in [0.15, 0.2) is 5.43 Å². The van der Waals surface area contributed by atoms with Crippen molar-refractivity contribution >= 4 is 22.7 Å². The summed E-state index contributed by atoms with van der Waals surface area (Å²) >= 11 is 0. The highest BCUT2D eigenvalue weighted by Crippen LogP contribution is 2.41. The van der Waals surface area contributed by atoms with E-state index >= 15 is 0 Å². The van der Waals surface area contributed by atoms with Crippen LogP contribution in [0.1, 0.15) is 77.2 Å². The van der Waals surface area contributed by atoms with E-state index < -0.39 is 6.04 Å². The molecular weight excluding hydrogens is 464 g/mol. The largest absolute Gasteiger partial charge is 0.494 e. The van der Waals surface area contributed by atoms with Gasteiger partial charge >= 0.3 is 0 Å². The first-order valence-corrected chi connectivity index (χ1v) is 13.0. The van der Waals surface area contributed by atoms with Gasteiger partial charge in [0.25, 0.3) is 5.91 Å². The lowest BCUT2D eigenvalue weighted by molar-refractivity contribution is 0.0970. The number of nitrogens with zero attached hydrogens (tertiary/aromatic N) is 2. The minimum Gasteiger partial charge on any atom is -0.494 e. The molecule has 4 aromatic rings. The average Bonchev–Trinajstić information content (AvgIpc) is 3.18. The lowest BCUT2D eigenvalue weighted by Crippen LogP contribution is -2.30. The van der Waals surface area contributed by atoms with E-state index in [1.165, 1.54) is 12.8 Å². The fourth-order valence-electron chi connectivity index (χ4n) is 4.91. The van der Waals surface area contributed by atoms with Crippen molar-refractivity contribution in [2.75, 3.05) is 11.5 Å². The van der Waals surface area contributed by atoms with Crippen molar-refractivity contribution in [1.82, 2.24) is 4.98 Å². The average molecular weight is 497 g/mol. The first-order chi connectivity index (χ1) is 17.9. The Morgan fingerprint density at radius 1 is 0.946 bits per heavy atom. The van der Waals surface area contributed by atoms with Crippen molar-refractivity contribution in [3.8, 4) is 5.75 Å². The first-order valence-electron chi connectivity index (χ1n) is 13.0. The maximum Gasteiger partial charge on any atom is 0.296 e. The lowest BCUT2D eigenvalue weighted by atomic mass is 9.97. The van der Waals surface area contributed by atoms with E-state index in [1.807, 2.05) is 69.3 Å². The molecule has 0 N–H and O–H groups in total. The molecule has 0 aliphatic carbocycles. The molecule has 0 bridgehead atoms. The number of rotatable bonds is 8. The molecule has 1 atom stereocenters.